The van der Waals surface area contributed by atoms with E-state index in [1.165, 1.54) is 24.3 Å². The van der Waals surface area contributed by atoms with E-state index in [1.54, 1.807) is 6.92 Å². The topological polar surface area (TPSA) is 93.7 Å². The van der Waals surface area contributed by atoms with E-state index in [0.29, 0.717) is 31.0 Å². The van der Waals surface area contributed by atoms with E-state index in [-0.39, 0.29) is 6.10 Å². The van der Waals surface area contributed by atoms with Crippen molar-refractivity contribution in [3.8, 4) is 0 Å². The number of amides is 2. The highest BCUT2D eigenvalue weighted by molar-refractivity contribution is 6.39. The SMILES string of the molecule is CCOC(=O)c1ccc(NC(=O)C(=O)NC[C@@H]2CCCO2)cc1. The maximum atomic E-state index is 11.8. The molecule has 2 amide bonds. The van der Waals surface area contributed by atoms with Gasteiger partial charge in [-0.3, -0.25) is 9.59 Å². The molecule has 1 atom stereocenters. The first kappa shape index (κ1) is 17.0. The van der Waals surface area contributed by atoms with Crippen molar-refractivity contribution in [1.82, 2.24) is 5.32 Å². The van der Waals surface area contributed by atoms with Crippen molar-refractivity contribution in [1.29, 1.82) is 0 Å². The lowest BCUT2D eigenvalue weighted by molar-refractivity contribution is -0.136. The molecule has 7 nitrogen and oxygen atoms in total. The van der Waals surface area contributed by atoms with Crippen LogP contribution in [0, 0.1) is 0 Å². The molecule has 1 fully saturated rings. The molecular formula is C16H20N2O5. The highest BCUT2D eigenvalue weighted by Gasteiger charge is 2.19. The van der Waals surface area contributed by atoms with Crippen molar-refractivity contribution in [3.63, 3.8) is 0 Å². The number of carbonyl (C=O) groups excluding carboxylic acids is 3. The summed E-state index contributed by atoms with van der Waals surface area (Å²) in [6, 6.07) is 6.13. The minimum atomic E-state index is -0.758. The van der Waals surface area contributed by atoms with Gasteiger partial charge in [0.25, 0.3) is 0 Å². The van der Waals surface area contributed by atoms with Crippen LogP contribution in [0.2, 0.25) is 0 Å². The van der Waals surface area contributed by atoms with Crippen LogP contribution in [-0.2, 0) is 19.1 Å². The Morgan fingerprint density at radius 2 is 1.96 bits per heavy atom. The average Bonchev–Trinajstić information content (AvgIpc) is 3.07. The zero-order valence-electron chi connectivity index (χ0n) is 13.0. The van der Waals surface area contributed by atoms with Gasteiger partial charge in [-0.1, -0.05) is 0 Å². The van der Waals surface area contributed by atoms with Gasteiger partial charge in [-0.15, -0.1) is 0 Å². The summed E-state index contributed by atoms with van der Waals surface area (Å²) >= 11 is 0. The van der Waals surface area contributed by atoms with Crippen LogP contribution in [0.3, 0.4) is 0 Å². The predicted octanol–water partition coefficient (Wildman–Crippen LogP) is 1.10. The second-order valence-corrected chi connectivity index (χ2v) is 5.10. The third-order valence-corrected chi connectivity index (χ3v) is 3.37. The summed E-state index contributed by atoms with van der Waals surface area (Å²) in [5.41, 5.74) is 0.808. The smallest absolute Gasteiger partial charge is 0.338 e. The van der Waals surface area contributed by atoms with Gasteiger partial charge >= 0.3 is 17.8 Å². The number of ether oxygens (including phenoxy) is 2. The Hall–Kier alpha value is -2.41. The van der Waals surface area contributed by atoms with Crippen LogP contribution in [0.5, 0.6) is 0 Å². The minimum absolute atomic E-state index is 0.0180. The van der Waals surface area contributed by atoms with Crippen LogP contribution in [-0.4, -0.2) is 43.6 Å². The van der Waals surface area contributed by atoms with E-state index < -0.39 is 17.8 Å². The van der Waals surface area contributed by atoms with Crippen LogP contribution in [0.15, 0.2) is 24.3 Å². The van der Waals surface area contributed by atoms with E-state index in [9.17, 15) is 14.4 Å². The van der Waals surface area contributed by atoms with Gasteiger partial charge < -0.3 is 20.1 Å². The summed E-state index contributed by atoms with van der Waals surface area (Å²) in [6.07, 6.45) is 1.84. The molecule has 0 unspecified atom stereocenters. The Morgan fingerprint density at radius 3 is 2.57 bits per heavy atom. The minimum Gasteiger partial charge on any atom is -0.462 e. The van der Waals surface area contributed by atoms with Gasteiger partial charge in [-0.05, 0) is 44.0 Å². The van der Waals surface area contributed by atoms with Crippen LogP contribution >= 0.6 is 0 Å². The van der Waals surface area contributed by atoms with Crippen LogP contribution < -0.4 is 10.6 Å². The molecule has 1 heterocycles. The fourth-order valence-electron chi connectivity index (χ4n) is 2.18. The molecule has 23 heavy (non-hydrogen) atoms. The maximum Gasteiger partial charge on any atom is 0.338 e. The molecule has 1 aliphatic rings. The van der Waals surface area contributed by atoms with E-state index >= 15 is 0 Å². The van der Waals surface area contributed by atoms with Crippen molar-refractivity contribution in [2.24, 2.45) is 0 Å². The molecule has 0 radical (unpaired) electrons. The third kappa shape index (κ3) is 5.07. The lowest BCUT2D eigenvalue weighted by atomic mass is 10.2. The first-order chi connectivity index (χ1) is 11.1. The number of benzene rings is 1. The number of rotatable bonds is 5. The molecule has 0 bridgehead atoms. The highest BCUT2D eigenvalue weighted by Crippen LogP contribution is 2.11. The van der Waals surface area contributed by atoms with Gasteiger partial charge in [0.15, 0.2) is 0 Å². The van der Waals surface area contributed by atoms with Crippen LogP contribution in [0.25, 0.3) is 0 Å². The second kappa shape index (κ2) is 8.28. The molecular weight excluding hydrogens is 300 g/mol. The van der Waals surface area contributed by atoms with Crippen LogP contribution in [0.1, 0.15) is 30.1 Å². The number of hydrogen-bond acceptors (Lipinski definition) is 5. The van der Waals surface area contributed by atoms with Gasteiger partial charge in [0.1, 0.15) is 0 Å². The maximum absolute atomic E-state index is 11.8. The molecule has 0 aliphatic carbocycles. The Bertz CT molecular complexity index is 564. The van der Waals surface area contributed by atoms with Gasteiger partial charge in [0.2, 0.25) is 0 Å². The van der Waals surface area contributed by atoms with Crippen molar-refractivity contribution < 1.29 is 23.9 Å². The largest absolute Gasteiger partial charge is 0.462 e. The number of hydrogen-bond donors (Lipinski definition) is 2. The van der Waals surface area contributed by atoms with E-state index in [2.05, 4.69) is 10.6 Å². The molecule has 1 aliphatic heterocycles. The first-order valence-corrected chi connectivity index (χ1v) is 7.58. The highest BCUT2D eigenvalue weighted by atomic mass is 16.5. The molecule has 0 spiro atoms. The van der Waals surface area contributed by atoms with Gasteiger partial charge in [-0.25, -0.2) is 4.79 Å². The summed E-state index contributed by atoms with van der Waals surface area (Å²) in [6.45, 7) is 3.04. The first-order valence-electron chi connectivity index (χ1n) is 7.58. The molecule has 0 saturated carbocycles. The Kier molecular flexibility index (Phi) is 6.10. The molecule has 2 rings (SSSR count). The quantitative estimate of drug-likeness (QED) is 0.626. The van der Waals surface area contributed by atoms with E-state index in [0.717, 1.165) is 12.8 Å². The van der Waals surface area contributed by atoms with Crippen molar-refractivity contribution in [2.45, 2.75) is 25.9 Å². The predicted molar refractivity (Wildman–Crippen MR) is 83.0 cm³/mol. The number of carbonyl (C=O) groups is 3. The standard InChI is InChI=1S/C16H20N2O5/c1-2-22-16(21)11-5-7-12(8-6-11)18-15(20)14(19)17-10-13-4-3-9-23-13/h5-8,13H,2-4,9-10H2,1H3,(H,17,19)(H,18,20)/t13-/m0/s1. The number of nitrogens with one attached hydrogen (secondary N) is 2. The number of anilines is 1. The average molecular weight is 320 g/mol. The van der Waals surface area contributed by atoms with Crippen molar-refractivity contribution in [3.05, 3.63) is 29.8 Å². The molecule has 7 heteroatoms. The summed E-state index contributed by atoms with van der Waals surface area (Å²) in [5, 5.41) is 5.01. The van der Waals surface area contributed by atoms with E-state index in [1.807, 2.05) is 0 Å². The fourth-order valence-corrected chi connectivity index (χ4v) is 2.18. The molecule has 1 saturated heterocycles. The monoisotopic (exact) mass is 320 g/mol. The summed E-state index contributed by atoms with van der Waals surface area (Å²) in [4.78, 5) is 35.0. The van der Waals surface area contributed by atoms with Gasteiger partial charge in [-0.2, -0.15) is 0 Å². The number of esters is 1. The zero-order valence-corrected chi connectivity index (χ0v) is 13.0. The summed E-state index contributed by atoms with van der Waals surface area (Å²) in [5.74, 6) is -1.90. The third-order valence-electron chi connectivity index (χ3n) is 3.37. The van der Waals surface area contributed by atoms with Gasteiger partial charge in [0.05, 0.1) is 18.3 Å². The molecule has 124 valence electrons. The Labute approximate surface area is 134 Å². The lowest BCUT2D eigenvalue weighted by Crippen LogP contribution is -2.39. The normalized spacial score (nSPS) is 16.7. The molecule has 2 N–H and O–H groups in total. The Balaban J connectivity index is 1.81. The van der Waals surface area contributed by atoms with Gasteiger partial charge in [0, 0.05) is 18.8 Å². The summed E-state index contributed by atoms with van der Waals surface area (Å²) in [7, 11) is 0. The zero-order chi connectivity index (χ0) is 16.7. The fraction of sp³-hybridized carbons (Fsp3) is 0.438. The Morgan fingerprint density at radius 1 is 1.22 bits per heavy atom. The van der Waals surface area contributed by atoms with Crippen molar-refractivity contribution >= 4 is 23.5 Å². The molecule has 1 aromatic rings. The second-order valence-electron chi connectivity index (χ2n) is 5.10. The molecule has 0 aromatic heterocycles. The van der Waals surface area contributed by atoms with Crippen LogP contribution in [0.4, 0.5) is 5.69 Å². The van der Waals surface area contributed by atoms with E-state index in [4.69, 9.17) is 9.47 Å². The molecule has 1 aromatic carbocycles. The van der Waals surface area contributed by atoms with Crippen molar-refractivity contribution in [2.75, 3.05) is 25.1 Å². The summed E-state index contributed by atoms with van der Waals surface area (Å²) < 4.78 is 10.2. The lowest BCUT2D eigenvalue weighted by Gasteiger charge is -2.11.